The predicted octanol–water partition coefficient (Wildman–Crippen LogP) is 2.71. The summed E-state index contributed by atoms with van der Waals surface area (Å²) in [4.78, 5) is 25.1. The minimum absolute atomic E-state index is 0.0596. The third kappa shape index (κ3) is 2.64. The fraction of sp³-hybridized carbons (Fsp3) is 0.350. The van der Waals surface area contributed by atoms with Gasteiger partial charge in [0.05, 0.1) is 27.5 Å². The molecule has 0 fully saturated rings. The van der Waals surface area contributed by atoms with Gasteiger partial charge in [0.2, 0.25) is 0 Å². The molecular formula is C20H21N3O5. The van der Waals surface area contributed by atoms with E-state index in [9.17, 15) is 9.59 Å². The topological polar surface area (TPSA) is 91.7 Å². The number of Topliss-reactive ketones (excluding diaryl/α,β-unsaturated/α-hetero) is 1. The van der Waals surface area contributed by atoms with Crippen molar-refractivity contribution in [2.45, 2.75) is 25.3 Å². The maximum Gasteiger partial charge on any atom is 0.343 e. The molecule has 2 aromatic rings. The summed E-state index contributed by atoms with van der Waals surface area (Å²) < 4.78 is 17.6. The van der Waals surface area contributed by atoms with Gasteiger partial charge in [-0.2, -0.15) is 5.10 Å². The molecule has 4 rings (SSSR count). The van der Waals surface area contributed by atoms with Crippen LogP contribution in [0, 0.1) is 0 Å². The normalized spacial score (nSPS) is 18.1. The molecule has 0 unspecified atom stereocenters. The number of carbonyl (C=O) groups excluding carboxylic acids is 2. The zero-order valence-electron chi connectivity index (χ0n) is 15.9. The van der Waals surface area contributed by atoms with Crippen molar-refractivity contribution < 1.29 is 23.8 Å². The number of allylic oxidation sites excluding steroid dienone is 2. The van der Waals surface area contributed by atoms with Crippen LogP contribution in [0.3, 0.4) is 0 Å². The number of hydrogen-bond acceptors (Lipinski definition) is 7. The summed E-state index contributed by atoms with van der Waals surface area (Å²) >= 11 is 0. The molecule has 0 bridgehead atoms. The SMILES string of the molecule is COC(=O)c1cnn2c1NC1=C(C(=O)CCC1)[C@@H]2c1cccc(OC)c1OC. The summed E-state index contributed by atoms with van der Waals surface area (Å²) in [5.41, 5.74) is 2.51. The Labute approximate surface area is 162 Å². The number of nitrogens with one attached hydrogen (secondary N) is 1. The molecule has 0 radical (unpaired) electrons. The van der Waals surface area contributed by atoms with Crippen molar-refractivity contribution in [2.75, 3.05) is 26.6 Å². The van der Waals surface area contributed by atoms with Gasteiger partial charge in [-0.25, -0.2) is 9.48 Å². The van der Waals surface area contributed by atoms with E-state index in [1.165, 1.54) is 13.3 Å². The molecule has 1 atom stereocenters. The van der Waals surface area contributed by atoms with Crippen LogP contribution in [0.5, 0.6) is 11.5 Å². The number of ketones is 1. The van der Waals surface area contributed by atoms with Gasteiger partial charge >= 0.3 is 5.97 Å². The lowest BCUT2D eigenvalue weighted by molar-refractivity contribution is -0.116. The third-order valence-corrected chi connectivity index (χ3v) is 5.17. The lowest BCUT2D eigenvalue weighted by atomic mass is 9.85. The maximum atomic E-state index is 12.9. The first-order valence-corrected chi connectivity index (χ1v) is 9.00. The Morgan fingerprint density at radius 3 is 2.75 bits per heavy atom. The third-order valence-electron chi connectivity index (χ3n) is 5.17. The first kappa shape index (κ1) is 18.1. The Hall–Kier alpha value is -3.29. The van der Waals surface area contributed by atoms with Crippen LogP contribution in [0.15, 0.2) is 35.7 Å². The molecular weight excluding hydrogens is 362 g/mol. The molecule has 8 nitrogen and oxygen atoms in total. The van der Waals surface area contributed by atoms with Gasteiger partial charge in [-0.15, -0.1) is 0 Å². The maximum absolute atomic E-state index is 12.9. The average molecular weight is 383 g/mol. The molecule has 1 aromatic heterocycles. The molecule has 1 aliphatic carbocycles. The highest BCUT2D eigenvalue weighted by atomic mass is 16.5. The van der Waals surface area contributed by atoms with E-state index < -0.39 is 12.0 Å². The standard InChI is InChI=1S/C20H21N3O5/c1-26-15-9-4-6-11(18(15)27-2)17-16-13(7-5-8-14(16)24)22-19-12(20(25)28-3)10-21-23(17)19/h4,6,9-10,17,22H,5,7-8H2,1-3H3/t17-/m0/s1. The Kier molecular flexibility index (Phi) is 4.54. The highest BCUT2D eigenvalue weighted by Gasteiger charge is 2.39. The molecule has 28 heavy (non-hydrogen) atoms. The molecule has 146 valence electrons. The highest BCUT2D eigenvalue weighted by Crippen LogP contribution is 2.46. The predicted molar refractivity (Wildman–Crippen MR) is 101 cm³/mol. The summed E-state index contributed by atoms with van der Waals surface area (Å²) in [6, 6.07) is 5.00. The van der Waals surface area contributed by atoms with E-state index in [0.717, 1.165) is 24.1 Å². The summed E-state index contributed by atoms with van der Waals surface area (Å²) in [6.45, 7) is 0. The van der Waals surface area contributed by atoms with Gasteiger partial charge in [-0.3, -0.25) is 4.79 Å². The molecule has 2 aliphatic rings. The second-order valence-electron chi connectivity index (χ2n) is 6.62. The van der Waals surface area contributed by atoms with E-state index in [2.05, 4.69) is 10.4 Å². The first-order chi connectivity index (χ1) is 13.6. The molecule has 1 N–H and O–H groups in total. The van der Waals surface area contributed by atoms with E-state index in [0.29, 0.717) is 34.9 Å². The zero-order valence-corrected chi connectivity index (χ0v) is 15.9. The highest BCUT2D eigenvalue weighted by molar-refractivity contribution is 6.01. The molecule has 2 heterocycles. The quantitative estimate of drug-likeness (QED) is 0.812. The molecule has 0 amide bonds. The average Bonchev–Trinajstić information content (AvgIpc) is 3.14. The van der Waals surface area contributed by atoms with Crippen LogP contribution in [0.4, 0.5) is 5.82 Å². The van der Waals surface area contributed by atoms with Gasteiger partial charge in [0.1, 0.15) is 17.4 Å². The molecule has 8 heteroatoms. The van der Waals surface area contributed by atoms with Crippen LogP contribution in [0.1, 0.15) is 41.2 Å². The van der Waals surface area contributed by atoms with Gasteiger partial charge in [-0.1, -0.05) is 12.1 Å². The number of anilines is 1. The number of methoxy groups -OCH3 is 3. The van der Waals surface area contributed by atoms with E-state index in [1.54, 1.807) is 25.0 Å². The molecule has 1 aromatic carbocycles. The number of rotatable bonds is 4. The van der Waals surface area contributed by atoms with Crippen molar-refractivity contribution in [1.82, 2.24) is 9.78 Å². The number of aromatic nitrogens is 2. The summed E-state index contributed by atoms with van der Waals surface area (Å²) in [5, 5.41) is 7.66. The van der Waals surface area contributed by atoms with Crippen molar-refractivity contribution >= 4 is 17.6 Å². The monoisotopic (exact) mass is 383 g/mol. The second kappa shape index (κ2) is 7.03. The van der Waals surface area contributed by atoms with Gasteiger partial charge < -0.3 is 19.5 Å². The van der Waals surface area contributed by atoms with E-state index >= 15 is 0 Å². The summed E-state index contributed by atoms with van der Waals surface area (Å²) in [7, 11) is 4.45. The van der Waals surface area contributed by atoms with Crippen LogP contribution in [-0.2, 0) is 9.53 Å². The smallest absolute Gasteiger partial charge is 0.343 e. The lowest BCUT2D eigenvalue weighted by Crippen LogP contribution is -2.32. The van der Waals surface area contributed by atoms with Crippen molar-refractivity contribution in [2.24, 2.45) is 0 Å². The van der Waals surface area contributed by atoms with E-state index in [4.69, 9.17) is 14.2 Å². The number of carbonyl (C=O) groups is 2. The number of esters is 1. The molecule has 0 saturated heterocycles. The van der Waals surface area contributed by atoms with Crippen LogP contribution < -0.4 is 14.8 Å². The van der Waals surface area contributed by atoms with Crippen LogP contribution >= 0.6 is 0 Å². The van der Waals surface area contributed by atoms with E-state index in [1.807, 2.05) is 12.1 Å². The molecule has 0 spiro atoms. The lowest BCUT2D eigenvalue weighted by Gasteiger charge is -2.34. The first-order valence-electron chi connectivity index (χ1n) is 9.00. The van der Waals surface area contributed by atoms with Gasteiger partial charge in [0.15, 0.2) is 17.3 Å². The van der Waals surface area contributed by atoms with Crippen LogP contribution in [-0.4, -0.2) is 42.9 Å². The van der Waals surface area contributed by atoms with Crippen molar-refractivity contribution in [1.29, 1.82) is 0 Å². The number of benzene rings is 1. The van der Waals surface area contributed by atoms with Gasteiger partial charge in [-0.05, 0) is 18.9 Å². The second-order valence-corrected chi connectivity index (χ2v) is 6.62. The number of nitrogens with zero attached hydrogens (tertiary/aromatic N) is 2. The minimum atomic E-state index is -0.525. The zero-order chi connectivity index (χ0) is 19.8. The number of para-hydroxylation sites is 1. The van der Waals surface area contributed by atoms with Crippen molar-refractivity contribution in [3.63, 3.8) is 0 Å². The fourth-order valence-electron chi connectivity index (χ4n) is 3.93. The summed E-state index contributed by atoms with van der Waals surface area (Å²) in [6.07, 6.45) is 3.41. The van der Waals surface area contributed by atoms with Crippen LogP contribution in [0.2, 0.25) is 0 Å². The molecule has 1 aliphatic heterocycles. The Balaban J connectivity index is 1.97. The largest absolute Gasteiger partial charge is 0.493 e. The van der Waals surface area contributed by atoms with E-state index in [-0.39, 0.29) is 5.78 Å². The Bertz CT molecular complexity index is 992. The summed E-state index contributed by atoms with van der Waals surface area (Å²) in [5.74, 6) is 1.17. The fourth-order valence-corrected chi connectivity index (χ4v) is 3.93. The van der Waals surface area contributed by atoms with Crippen LogP contribution in [0.25, 0.3) is 0 Å². The van der Waals surface area contributed by atoms with Crippen molar-refractivity contribution in [3.8, 4) is 11.5 Å². The van der Waals surface area contributed by atoms with Gasteiger partial charge in [0.25, 0.3) is 0 Å². The Morgan fingerprint density at radius 2 is 2.04 bits per heavy atom. The van der Waals surface area contributed by atoms with Crippen molar-refractivity contribution in [3.05, 3.63) is 46.8 Å². The minimum Gasteiger partial charge on any atom is -0.493 e. The number of fused-ring (bicyclic) bond motifs is 1. The van der Waals surface area contributed by atoms with Gasteiger partial charge in [0, 0.05) is 23.3 Å². The Morgan fingerprint density at radius 1 is 1.21 bits per heavy atom. The molecule has 0 saturated carbocycles. The number of hydrogen-bond donors (Lipinski definition) is 1. The number of ether oxygens (including phenoxy) is 3.